The lowest BCUT2D eigenvalue weighted by Crippen LogP contribution is -2.47. The number of hydrogen-bond donors (Lipinski definition) is 1. The Hall–Kier alpha value is -3.20. The molecule has 1 N–H and O–H groups in total. The summed E-state index contributed by atoms with van der Waals surface area (Å²) in [5, 5.41) is 0. The van der Waals surface area contributed by atoms with Gasteiger partial charge in [0.2, 0.25) is 15.9 Å². The lowest BCUT2D eigenvalue weighted by molar-refractivity contribution is -0.127. The van der Waals surface area contributed by atoms with Crippen LogP contribution in [0, 0.1) is 0 Å². The van der Waals surface area contributed by atoms with E-state index in [1.165, 1.54) is 24.0 Å². The van der Waals surface area contributed by atoms with Crippen LogP contribution in [0.1, 0.15) is 16.9 Å². The number of rotatable bonds is 8. The van der Waals surface area contributed by atoms with Gasteiger partial charge in [-0.05, 0) is 41.5 Å². The second-order valence-electron chi connectivity index (χ2n) is 7.89. The SMILES string of the molecule is O=C(C=Cc1ccc(S(=O)(=O)NCc2ccco2)cc1)N1CCN(Cc2ccccc2)CC1. The Kier molecular flexibility index (Phi) is 7.39. The molecule has 3 aromatic rings. The average molecular weight is 466 g/mol. The van der Waals surface area contributed by atoms with Crippen molar-refractivity contribution in [2.75, 3.05) is 26.2 Å². The zero-order valence-corrected chi connectivity index (χ0v) is 19.1. The molecule has 1 aliphatic rings. The Morgan fingerprint density at radius 2 is 1.67 bits per heavy atom. The van der Waals surface area contributed by atoms with Crippen LogP contribution >= 0.6 is 0 Å². The quantitative estimate of drug-likeness (QED) is 0.517. The summed E-state index contributed by atoms with van der Waals surface area (Å²) in [7, 11) is -3.64. The number of hydrogen-bond acceptors (Lipinski definition) is 5. The standard InChI is InChI=1S/C25H27N3O4S/c29-25(28-16-14-27(15-17-28)20-22-5-2-1-3-6-22)13-10-21-8-11-24(12-9-21)33(30,31)26-19-23-7-4-18-32-23/h1-13,18,26H,14-17,19-20H2. The maximum Gasteiger partial charge on any atom is 0.246 e. The van der Waals surface area contributed by atoms with E-state index in [1.807, 2.05) is 23.1 Å². The molecule has 7 nitrogen and oxygen atoms in total. The highest BCUT2D eigenvalue weighted by Gasteiger charge is 2.19. The van der Waals surface area contributed by atoms with E-state index in [2.05, 4.69) is 21.8 Å². The van der Waals surface area contributed by atoms with Crippen molar-refractivity contribution in [1.82, 2.24) is 14.5 Å². The summed E-state index contributed by atoms with van der Waals surface area (Å²) >= 11 is 0. The lowest BCUT2D eigenvalue weighted by Gasteiger charge is -2.34. The Bertz CT molecular complexity index is 1170. The molecule has 0 radical (unpaired) electrons. The first-order valence-corrected chi connectivity index (χ1v) is 12.3. The molecule has 172 valence electrons. The molecular weight excluding hydrogens is 438 g/mol. The second-order valence-corrected chi connectivity index (χ2v) is 9.66. The predicted octanol–water partition coefficient (Wildman–Crippen LogP) is 3.12. The number of sulfonamides is 1. The molecule has 2 heterocycles. The highest BCUT2D eigenvalue weighted by atomic mass is 32.2. The zero-order chi connectivity index (χ0) is 23.1. The third kappa shape index (κ3) is 6.41. The van der Waals surface area contributed by atoms with Gasteiger partial charge in [0.05, 0.1) is 17.7 Å². The fourth-order valence-electron chi connectivity index (χ4n) is 3.66. The van der Waals surface area contributed by atoms with Gasteiger partial charge in [0.1, 0.15) is 5.76 Å². The van der Waals surface area contributed by atoms with E-state index in [4.69, 9.17) is 4.42 Å². The van der Waals surface area contributed by atoms with Gasteiger partial charge in [0.15, 0.2) is 0 Å². The molecular formula is C25H27N3O4S. The van der Waals surface area contributed by atoms with Crippen molar-refractivity contribution in [2.45, 2.75) is 18.0 Å². The van der Waals surface area contributed by atoms with E-state index >= 15 is 0 Å². The Morgan fingerprint density at radius 3 is 2.33 bits per heavy atom. The zero-order valence-electron chi connectivity index (χ0n) is 18.3. The summed E-state index contributed by atoms with van der Waals surface area (Å²) in [6.45, 7) is 4.04. The fourth-order valence-corrected chi connectivity index (χ4v) is 4.65. The molecule has 0 saturated carbocycles. The molecule has 0 aliphatic carbocycles. The molecule has 1 fully saturated rings. The maximum atomic E-state index is 12.6. The molecule has 0 spiro atoms. The molecule has 0 unspecified atom stereocenters. The molecule has 0 atom stereocenters. The number of carbonyl (C=O) groups excluding carboxylic acids is 1. The van der Waals surface area contributed by atoms with E-state index in [0.717, 1.165) is 25.2 Å². The molecule has 8 heteroatoms. The molecule has 1 amide bonds. The molecule has 1 aromatic heterocycles. The Balaban J connectivity index is 1.27. The van der Waals surface area contributed by atoms with E-state index in [1.54, 1.807) is 36.4 Å². The van der Waals surface area contributed by atoms with Crippen LogP contribution in [0.3, 0.4) is 0 Å². The smallest absolute Gasteiger partial charge is 0.246 e. The summed E-state index contributed by atoms with van der Waals surface area (Å²) in [6, 6.07) is 20.2. The Morgan fingerprint density at radius 1 is 0.939 bits per heavy atom. The predicted molar refractivity (Wildman–Crippen MR) is 127 cm³/mol. The summed E-state index contributed by atoms with van der Waals surface area (Å²) in [6.07, 6.45) is 4.76. The summed E-state index contributed by atoms with van der Waals surface area (Å²) in [5.74, 6) is 0.503. The second kappa shape index (κ2) is 10.6. The van der Waals surface area contributed by atoms with E-state index in [0.29, 0.717) is 18.8 Å². The largest absolute Gasteiger partial charge is 0.468 e. The van der Waals surface area contributed by atoms with Gasteiger partial charge in [-0.25, -0.2) is 13.1 Å². The number of furan rings is 1. The van der Waals surface area contributed by atoms with E-state index in [9.17, 15) is 13.2 Å². The number of piperazine rings is 1. The number of carbonyl (C=O) groups is 1. The van der Waals surface area contributed by atoms with Crippen LogP contribution in [0.2, 0.25) is 0 Å². The van der Waals surface area contributed by atoms with E-state index in [-0.39, 0.29) is 17.3 Å². The first kappa shape index (κ1) is 23.0. The van der Waals surface area contributed by atoms with Gasteiger partial charge in [-0.3, -0.25) is 9.69 Å². The third-order valence-electron chi connectivity index (χ3n) is 5.56. The van der Waals surface area contributed by atoms with Gasteiger partial charge in [0, 0.05) is 38.8 Å². The first-order chi connectivity index (χ1) is 16.0. The monoisotopic (exact) mass is 465 g/mol. The van der Waals surface area contributed by atoms with Crippen LogP contribution in [0.4, 0.5) is 0 Å². The molecule has 0 bridgehead atoms. The van der Waals surface area contributed by atoms with Crippen molar-refractivity contribution >= 4 is 22.0 Å². The van der Waals surface area contributed by atoms with Crippen LogP contribution in [0.25, 0.3) is 6.08 Å². The van der Waals surface area contributed by atoms with Gasteiger partial charge < -0.3 is 9.32 Å². The molecule has 33 heavy (non-hydrogen) atoms. The minimum atomic E-state index is -3.64. The Labute approximate surface area is 194 Å². The van der Waals surface area contributed by atoms with Gasteiger partial charge in [-0.1, -0.05) is 42.5 Å². The third-order valence-corrected chi connectivity index (χ3v) is 6.98. The fraction of sp³-hybridized carbons (Fsp3) is 0.240. The van der Waals surface area contributed by atoms with Gasteiger partial charge in [-0.2, -0.15) is 0 Å². The van der Waals surface area contributed by atoms with Crippen molar-refractivity contribution in [2.24, 2.45) is 0 Å². The van der Waals surface area contributed by atoms with Crippen LogP contribution < -0.4 is 4.72 Å². The van der Waals surface area contributed by atoms with Crippen LogP contribution in [0.5, 0.6) is 0 Å². The van der Waals surface area contributed by atoms with Crippen LogP contribution in [-0.2, 0) is 27.9 Å². The topological polar surface area (TPSA) is 82.9 Å². The van der Waals surface area contributed by atoms with Gasteiger partial charge >= 0.3 is 0 Å². The van der Waals surface area contributed by atoms with E-state index < -0.39 is 10.0 Å². The van der Waals surface area contributed by atoms with Gasteiger partial charge in [-0.15, -0.1) is 0 Å². The van der Waals surface area contributed by atoms with Gasteiger partial charge in [0.25, 0.3) is 0 Å². The summed E-state index contributed by atoms with van der Waals surface area (Å²) < 4.78 is 32.5. The molecule has 4 rings (SSSR count). The molecule has 1 saturated heterocycles. The van der Waals surface area contributed by atoms with Crippen LogP contribution in [-0.4, -0.2) is 50.3 Å². The van der Waals surface area contributed by atoms with Crippen molar-refractivity contribution in [3.63, 3.8) is 0 Å². The summed E-state index contributed by atoms with van der Waals surface area (Å²) in [4.78, 5) is 16.9. The normalized spacial score (nSPS) is 15.2. The lowest BCUT2D eigenvalue weighted by atomic mass is 10.2. The molecule has 2 aromatic carbocycles. The number of amides is 1. The van der Waals surface area contributed by atoms with Crippen molar-refractivity contribution in [3.8, 4) is 0 Å². The number of nitrogens with one attached hydrogen (secondary N) is 1. The highest BCUT2D eigenvalue weighted by Crippen LogP contribution is 2.14. The number of nitrogens with zero attached hydrogens (tertiary/aromatic N) is 2. The van der Waals surface area contributed by atoms with Crippen molar-refractivity contribution in [1.29, 1.82) is 0 Å². The first-order valence-electron chi connectivity index (χ1n) is 10.8. The van der Waals surface area contributed by atoms with Crippen LogP contribution in [0.15, 0.2) is 88.4 Å². The average Bonchev–Trinajstić information content (AvgIpc) is 3.37. The van der Waals surface area contributed by atoms with Crippen molar-refractivity contribution < 1.29 is 17.6 Å². The minimum absolute atomic E-state index is 0.0360. The molecule has 1 aliphatic heterocycles. The maximum absolute atomic E-state index is 12.6. The van der Waals surface area contributed by atoms with Crippen molar-refractivity contribution in [3.05, 3.63) is 96.0 Å². The highest BCUT2D eigenvalue weighted by molar-refractivity contribution is 7.89. The summed E-state index contributed by atoms with van der Waals surface area (Å²) in [5.41, 5.74) is 2.04. The minimum Gasteiger partial charge on any atom is -0.468 e. The number of benzene rings is 2.